The number of aromatic nitrogens is 2. The molecule has 4 rings (SSSR count). The first-order chi connectivity index (χ1) is 16.4. The summed E-state index contributed by atoms with van der Waals surface area (Å²) in [6, 6.07) is 10.8. The van der Waals surface area contributed by atoms with E-state index in [1.807, 2.05) is 37.3 Å². The molecule has 0 saturated carbocycles. The lowest BCUT2D eigenvalue weighted by Crippen LogP contribution is -2.36. The monoisotopic (exact) mass is 498 g/mol. The summed E-state index contributed by atoms with van der Waals surface area (Å²) in [6.45, 7) is 3.58. The van der Waals surface area contributed by atoms with Crippen LogP contribution in [0.4, 0.5) is 26.3 Å². The van der Waals surface area contributed by atoms with Gasteiger partial charge in [-0.2, -0.15) is 26.3 Å². The molecule has 2 aromatic carbocycles. The fraction of sp³-hybridized carbons (Fsp3) is 0.400. The number of imidazole rings is 1. The van der Waals surface area contributed by atoms with Crippen LogP contribution >= 0.6 is 0 Å². The first kappa shape index (κ1) is 25.2. The number of halogens is 6. The molecule has 4 atom stereocenters. The highest BCUT2D eigenvalue weighted by molar-refractivity contribution is 5.35. The number of aromatic amines is 1. The van der Waals surface area contributed by atoms with Gasteiger partial charge in [-0.25, -0.2) is 4.98 Å². The normalized spacial score (nSPS) is 22.2. The van der Waals surface area contributed by atoms with Crippen molar-refractivity contribution in [3.63, 3.8) is 0 Å². The Bertz CT molecular complexity index is 1110. The van der Waals surface area contributed by atoms with Crippen molar-refractivity contribution in [1.29, 1.82) is 0 Å². The van der Waals surface area contributed by atoms with Crippen molar-refractivity contribution >= 4 is 0 Å². The molecule has 0 spiro atoms. The van der Waals surface area contributed by atoms with Crippen LogP contribution in [0.25, 0.3) is 0 Å². The molecule has 10 heteroatoms. The summed E-state index contributed by atoms with van der Waals surface area (Å²) in [5.41, 5.74) is -1.27. The average Bonchev–Trinajstić information content (AvgIpc) is 3.24. The van der Waals surface area contributed by atoms with E-state index in [4.69, 9.17) is 9.47 Å². The molecule has 1 aliphatic rings. The Morgan fingerprint density at radius 3 is 2.17 bits per heavy atom. The van der Waals surface area contributed by atoms with Crippen LogP contribution in [-0.2, 0) is 21.8 Å². The van der Waals surface area contributed by atoms with Crippen LogP contribution < -0.4 is 0 Å². The van der Waals surface area contributed by atoms with Crippen molar-refractivity contribution in [2.24, 2.45) is 0 Å². The van der Waals surface area contributed by atoms with Crippen LogP contribution in [-0.4, -0.2) is 22.9 Å². The van der Waals surface area contributed by atoms with Gasteiger partial charge in [0.15, 0.2) is 6.29 Å². The lowest BCUT2D eigenvalue weighted by atomic mass is 9.81. The molecule has 35 heavy (non-hydrogen) atoms. The van der Waals surface area contributed by atoms with Crippen LogP contribution in [0.3, 0.4) is 0 Å². The number of benzene rings is 2. The zero-order valence-electron chi connectivity index (χ0n) is 19.0. The van der Waals surface area contributed by atoms with Crippen LogP contribution in [0.15, 0.2) is 54.7 Å². The number of ether oxygens (including phenoxy) is 2. The van der Waals surface area contributed by atoms with Gasteiger partial charge in [0.2, 0.25) is 0 Å². The Labute approximate surface area is 198 Å². The SMILES string of the molecule is Cc1cnc([C@@H]2CCOC(OC(C)c3cc(C(F)(F)F)cc(C(F)(F)F)c3)[C@H]2c2ccccc2)[nH]1. The molecule has 0 amide bonds. The van der Waals surface area contributed by atoms with Crippen molar-refractivity contribution in [1.82, 2.24) is 9.97 Å². The summed E-state index contributed by atoms with van der Waals surface area (Å²) in [6.07, 6.45) is -9.58. The lowest BCUT2D eigenvalue weighted by Gasteiger charge is -2.38. The van der Waals surface area contributed by atoms with Crippen molar-refractivity contribution in [2.45, 2.75) is 56.9 Å². The Kier molecular flexibility index (Phi) is 6.97. The Morgan fingerprint density at radius 2 is 1.63 bits per heavy atom. The minimum absolute atomic E-state index is 0.107. The summed E-state index contributed by atoms with van der Waals surface area (Å²) in [7, 11) is 0. The van der Waals surface area contributed by atoms with Crippen LogP contribution in [0.5, 0.6) is 0 Å². The van der Waals surface area contributed by atoms with Crippen molar-refractivity contribution in [3.05, 3.63) is 88.5 Å². The third kappa shape index (κ3) is 5.70. The second kappa shape index (κ2) is 9.66. The third-order valence-corrected chi connectivity index (χ3v) is 6.11. The molecule has 2 unspecified atom stereocenters. The van der Waals surface area contributed by atoms with Gasteiger partial charge in [0.25, 0.3) is 0 Å². The van der Waals surface area contributed by atoms with Gasteiger partial charge in [0, 0.05) is 23.7 Å². The lowest BCUT2D eigenvalue weighted by molar-refractivity contribution is -0.202. The topological polar surface area (TPSA) is 47.1 Å². The molecule has 1 aliphatic heterocycles. The number of alkyl halides is 6. The van der Waals surface area contributed by atoms with Gasteiger partial charge in [0.05, 0.1) is 23.8 Å². The van der Waals surface area contributed by atoms with Gasteiger partial charge in [-0.05, 0) is 49.6 Å². The molecule has 4 nitrogen and oxygen atoms in total. The average molecular weight is 498 g/mol. The van der Waals surface area contributed by atoms with Crippen molar-refractivity contribution < 1.29 is 35.8 Å². The molecule has 0 bridgehead atoms. The molecular formula is C25H24F6N2O2. The van der Waals surface area contributed by atoms with Gasteiger partial charge < -0.3 is 14.5 Å². The van der Waals surface area contributed by atoms with Crippen LogP contribution in [0, 0.1) is 6.92 Å². The van der Waals surface area contributed by atoms with E-state index in [-0.39, 0.29) is 23.5 Å². The Hall–Kier alpha value is -2.85. The molecule has 1 aromatic heterocycles. The van der Waals surface area contributed by atoms with E-state index in [0.29, 0.717) is 25.2 Å². The maximum Gasteiger partial charge on any atom is 0.416 e. The second-order valence-electron chi connectivity index (χ2n) is 8.64. The maximum absolute atomic E-state index is 13.3. The minimum Gasteiger partial charge on any atom is -0.352 e. The fourth-order valence-corrected chi connectivity index (χ4v) is 4.39. The van der Waals surface area contributed by atoms with E-state index in [0.717, 1.165) is 17.1 Å². The molecule has 1 saturated heterocycles. The van der Waals surface area contributed by atoms with E-state index >= 15 is 0 Å². The largest absolute Gasteiger partial charge is 0.416 e. The van der Waals surface area contributed by atoms with Crippen LogP contribution in [0.2, 0.25) is 0 Å². The van der Waals surface area contributed by atoms with E-state index in [2.05, 4.69) is 9.97 Å². The standard InChI is InChI=1S/C25H24F6N2O2/c1-14-13-32-22(33-14)20-8-9-34-23(21(20)16-6-4-3-5-7-16)35-15(2)17-10-18(24(26,27)28)12-19(11-17)25(29,30)31/h3-7,10-13,15,20-21,23H,8-9H2,1-2H3,(H,32,33)/t15?,20-,21+,23?/m1/s1. The van der Waals surface area contributed by atoms with E-state index in [1.54, 1.807) is 6.20 Å². The van der Waals surface area contributed by atoms with Gasteiger partial charge in [-0.3, -0.25) is 0 Å². The minimum atomic E-state index is -4.94. The molecule has 0 aliphatic carbocycles. The maximum atomic E-state index is 13.3. The van der Waals surface area contributed by atoms with Gasteiger partial charge in [-0.15, -0.1) is 0 Å². The molecule has 3 aromatic rings. The molecule has 1 fully saturated rings. The highest BCUT2D eigenvalue weighted by atomic mass is 19.4. The smallest absolute Gasteiger partial charge is 0.352 e. The summed E-state index contributed by atoms with van der Waals surface area (Å²) in [5, 5.41) is 0. The predicted octanol–water partition coefficient (Wildman–Crippen LogP) is 7.15. The number of hydrogen-bond acceptors (Lipinski definition) is 3. The van der Waals surface area contributed by atoms with E-state index in [1.165, 1.54) is 6.92 Å². The highest BCUT2D eigenvalue weighted by Gasteiger charge is 2.41. The molecule has 1 N–H and O–H groups in total. The summed E-state index contributed by atoms with van der Waals surface area (Å²) in [4.78, 5) is 7.67. The Morgan fingerprint density at radius 1 is 1.00 bits per heavy atom. The van der Waals surface area contributed by atoms with Crippen molar-refractivity contribution in [3.8, 4) is 0 Å². The summed E-state index contributed by atoms with van der Waals surface area (Å²) in [5.74, 6) is 0.189. The van der Waals surface area contributed by atoms with Gasteiger partial charge in [-0.1, -0.05) is 30.3 Å². The first-order valence-electron chi connectivity index (χ1n) is 11.1. The Balaban J connectivity index is 1.68. The van der Waals surface area contributed by atoms with Gasteiger partial charge in [0.1, 0.15) is 5.82 Å². The molecule has 0 radical (unpaired) electrons. The number of nitrogens with one attached hydrogen (secondary N) is 1. The summed E-state index contributed by atoms with van der Waals surface area (Å²) >= 11 is 0. The van der Waals surface area contributed by atoms with E-state index in [9.17, 15) is 26.3 Å². The van der Waals surface area contributed by atoms with Crippen LogP contribution in [0.1, 0.15) is 65.1 Å². The molecule has 2 heterocycles. The quantitative estimate of drug-likeness (QED) is 0.380. The molecule has 188 valence electrons. The number of rotatable bonds is 5. The highest BCUT2D eigenvalue weighted by Crippen LogP contribution is 2.44. The summed E-state index contributed by atoms with van der Waals surface area (Å²) < 4.78 is 92.0. The number of hydrogen-bond donors (Lipinski definition) is 1. The zero-order valence-corrected chi connectivity index (χ0v) is 19.0. The number of H-pyrrole nitrogens is 1. The predicted molar refractivity (Wildman–Crippen MR) is 116 cm³/mol. The fourth-order valence-electron chi connectivity index (χ4n) is 4.39. The first-order valence-corrected chi connectivity index (χ1v) is 11.1. The third-order valence-electron chi connectivity index (χ3n) is 6.11. The van der Waals surface area contributed by atoms with Gasteiger partial charge >= 0.3 is 12.4 Å². The second-order valence-corrected chi connectivity index (χ2v) is 8.64. The number of nitrogens with zero attached hydrogens (tertiary/aromatic N) is 1. The molecular weight excluding hydrogens is 474 g/mol. The number of aryl methyl sites for hydroxylation is 1. The van der Waals surface area contributed by atoms with E-state index < -0.39 is 35.9 Å². The van der Waals surface area contributed by atoms with Crippen molar-refractivity contribution in [2.75, 3.05) is 6.61 Å². The zero-order chi connectivity index (χ0) is 25.4.